The lowest BCUT2D eigenvalue weighted by Gasteiger charge is -2.03. The Morgan fingerprint density at radius 3 is 3.12 bits per heavy atom. The molecular formula is C8H6ClFN4OS. The van der Waals surface area contributed by atoms with Crippen LogP contribution in [0.1, 0.15) is 5.01 Å². The molecule has 0 amide bonds. The quantitative estimate of drug-likeness (QED) is 0.823. The topological polar surface area (TPSA) is 70.7 Å². The molecule has 2 aromatic heterocycles. The molecule has 0 spiro atoms. The van der Waals surface area contributed by atoms with E-state index in [2.05, 4.69) is 15.3 Å². The Morgan fingerprint density at radius 2 is 2.44 bits per heavy atom. The molecule has 0 aromatic carbocycles. The zero-order chi connectivity index (χ0) is 11.5. The Labute approximate surface area is 98.3 Å². The zero-order valence-corrected chi connectivity index (χ0v) is 9.40. The highest BCUT2D eigenvalue weighted by Crippen LogP contribution is 2.11. The zero-order valence-electron chi connectivity index (χ0n) is 7.83. The van der Waals surface area contributed by atoms with Crippen LogP contribution in [0.4, 0.5) is 10.2 Å². The summed E-state index contributed by atoms with van der Waals surface area (Å²) in [5, 5.41) is 5.05. The van der Waals surface area contributed by atoms with Crippen molar-refractivity contribution in [1.29, 1.82) is 0 Å². The molecule has 2 aromatic rings. The molecule has 0 atom stereocenters. The first-order chi connectivity index (χ1) is 7.66. The van der Waals surface area contributed by atoms with E-state index in [1.165, 1.54) is 11.3 Å². The Morgan fingerprint density at radius 1 is 1.62 bits per heavy atom. The van der Waals surface area contributed by atoms with Crippen LogP contribution in [-0.2, 0) is 6.54 Å². The van der Waals surface area contributed by atoms with Crippen molar-refractivity contribution >= 4 is 28.8 Å². The number of hydrogen-bond acceptors (Lipinski definition) is 5. The molecule has 16 heavy (non-hydrogen) atoms. The molecule has 0 saturated carbocycles. The molecule has 2 N–H and O–H groups in total. The summed E-state index contributed by atoms with van der Waals surface area (Å²) in [6.07, 6.45) is 1.64. The highest BCUT2D eigenvalue weighted by Gasteiger charge is 2.10. The molecule has 8 heteroatoms. The minimum Gasteiger partial charge on any atom is -0.361 e. The second-order valence-corrected chi connectivity index (χ2v) is 4.14. The number of anilines is 1. The van der Waals surface area contributed by atoms with Gasteiger partial charge in [-0.3, -0.25) is 9.78 Å². The van der Waals surface area contributed by atoms with E-state index in [9.17, 15) is 9.18 Å². The number of halogens is 2. The summed E-state index contributed by atoms with van der Waals surface area (Å²) in [5.74, 6) is -1.16. The van der Waals surface area contributed by atoms with E-state index in [-0.39, 0.29) is 11.1 Å². The summed E-state index contributed by atoms with van der Waals surface area (Å²) in [5.41, 5.74) is -0.901. The SMILES string of the molecule is O=c1[nH]c(Cl)nc(NCc2nccs2)c1F. The van der Waals surface area contributed by atoms with Crippen molar-refractivity contribution in [2.45, 2.75) is 6.54 Å². The highest BCUT2D eigenvalue weighted by molar-refractivity contribution is 7.09. The molecule has 0 aliphatic carbocycles. The van der Waals surface area contributed by atoms with Gasteiger partial charge in [0.25, 0.3) is 5.56 Å². The summed E-state index contributed by atoms with van der Waals surface area (Å²) < 4.78 is 13.3. The van der Waals surface area contributed by atoms with Gasteiger partial charge in [-0.2, -0.15) is 9.37 Å². The molecule has 5 nitrogen and oxygen atoms in total. The van der Waals surface area contributed by atoms with Crippen molar-refractivity contribution in [1.82, 2.24) is 15.0 Å². The van der Waals surface area contributed by atoms with Crippen LogP contribution >= 0.6 is 22.9 Å². The Bertz CT molecular complexity index is 541. The van der Waals surface area contributed by atoms with E-state index >= 15 is 0 Å². The number of nitrogens with one attached hydrogen (secondary N) is 2. The lowest BCUT2D eigenvalue weighted by Crippen LogP contribution is -2.16. The molecule has 0 aliphatic rings. The van der Waals surface area contributed by atoms with Gasteiger partial charge >= 0.3 is 0 Å². The van der Waals surface area contributed by atoms with Crippen LogP contribution in [-0.4, -0.2) is 15.0 Å². The van der Waals surface area contributed by atoms with Gasteiger partial charge in [0.1, 0.15) is 5.01 Å². The fraction of sp³-hybridized carbons (Fsp3) is 0.125. The summed E-state index contributed by atoms with van der Waals surface area (Å²) in [4.78, 5) is 20.7. The Hall–Kier alpha value is -1.47. The predicted molar refractivity (Wildman–Crippen MR) is 59.3 cm³/mol. The summed E-state index contributed by atoms with van der Waals surface area (Å²) in [7, 11) is 0. The fourth-order valence-electron chi connectivity index (χ4n) is 1.05. The third-order valence-corrected chi connectivity index (χ3v) is 2.68. The maximum Gasteiger partial charge on any atom is 0.290 e. The van der Waals surface area contributed by atoms with Crippen LogP contribution in [0.15, 0.2) is 16.4 Å². The van der Waals surface area contributed by atoms with Crippen molar-refractivity contribution in [2.24, 2.45) is 0 Å². The molecule has 84 valence electrons. The molecule has 2 heterocycles. The smallest absolute Gasteiger partial charge is 0.290 e. The first-order valence-corrected chi connectivity index (χ1v) is 5.50. The van der Waals surface area contributed by atoms with E-state index in [0.717, 1.165) is 5.01 Å². The number of aromatic nitrogens is 3. The first kappa shape index (κ1) is 11.0. The maximum absolute atomic E-state index is 13.3. The fourth-order valence-corrected chi connectivity index (χ4v) is 1.77. The van der Waals surface area contributed by atoms with Crippen LogP contribution in [0, 0.1) is 5.82 Å². The van der Waals surface area contributed by atoms with E-state index in [0.29, 0.717) is 6.54 Å². The van der Waals surface area contributed by atoms with Gasteiger partial charge in [-0.05, 0) is 11.6 Å². The monoisotopic (exact) mass is 260 g/mol. The van der Waals surface area contributed by atoms with Crippen molar-refractivity contribution in [3.05, 3.63) is 38.0 Å². The Balaban J connectivity index is 2.18. The molecule has 0 saturated heterocycles. The van der Waals surface area contributed by atoms with E-state index in [4.69, 9.17) is 11.6 Å². The van der Waals surface area contributed by atoms with Crippen LogP contribution < -0.4 is 10.9 Å². The van der Waals surface area contributed by atoms with Crippen molar-refractivity contribution in [3.63, 3.8) is 0 Å². The second kappa shape index (κ2) is 4.58. The number of thiazole rings is 1. The van der Waals surface area contributed by atoms with E-state index in [1.807, 2.05) is 4.98 Å². The predicted octanol–water partition coefficient (Wildman–Crippen LogP) is 1.63. The second-order valence-electron chi connectivity index (χ2n) is 2.80. The highest BCUT2D eigenvalue weighted by atomic mass is 35.5. The van der Waals surface area contributed by atoms with Crippen molar-refractivity contribution in [3.8, 4) is 0 Å². The van der Waals surface area contributed by atoms with Gasteiger partial charge in [0.2, 0.25) is 11.1 Å². The van der Waals surface area contributed by atoms with Crippen LogP contribution in [0.25, 0.3) is 0 Å². The molecule has 2 rings (SSSR count). The number of aromatic amines is 1. The van der Waals surface area contributed by atoms with Crippen LogP contribution in [0.3, 0.4) is 0 Å². The standard InChI is InChI=1S/C8H6ClFN4OS/c9-8-13-6(5(10)7(15)14-8)12-3-4-11-1-2-16-4/h1-2H,3H2,(H2,12,13,14,15). The lowest BCUT2D eigenvalue weighted by molar-refractivity contribution is 0.603. The normalized spacial score (nSPS) is 10.4. The average Bonchev–Trinajstić information content (AvgIpc) is 2.74. The molecule has 0 bridgehead atoms. The van der Waals surface area contributed by atoms with Gasteiger partial charge in [-0.1, -0.05) is 0 Å². The molecule has 0 unspecified atom stereocenters. The van der Waals surface area contributed by atoms with Gasteiger partial charge in [-0.15, -0.1) is 11.3 Å². The van der Waals surface area contributed by atoms with Gasteiger partial charge in [0.15, 0.2) is 5.82 Å². The average molecular weight is 261 g/mol. The summed E-state index contributed by atoms with van der Waals surface area (Å²) >= 11 is 6.91. The number of nitrogens with zero attached hydrogens (tertiary/aromatic N) is 2. The minimum atomic E-state index is -0.985. The number of rotatable bonds is 3. The number of H-pyrrole nitrogens is 1. The molecule has 0 aliphatic heterocycles. The van der Waals surface area contributed by atoms with E-state index in [1.54, 1.807) is 11.6 Å². The van der Waals surface area contributed by atoms with E-state index < -0.39 is 11.4 Å². The lowest BCUT2D eigenvalue weighted by atomic mass is 10.5. The third kappa shape index (κ3) is 2.37. The number of hydrogen-bond donors (Lipinski definition) is 2. The minimum absolute atomic E-state index is 0.159. The molecule has 0 fully saturated rings. The van der Waals surface area contributed by atoms with Gasteiger partial charge in [0.05, 0.1) is 6.54 Å². The van der Waals surface area contributed by atoms with Gasteiger partial charge < -0.3 is 5.32 Å². The maximum atomic E-state index is 13.3. The largest absolute Gasteiger partial charge is 0.361 e. The summed E-state index contributed by atoms with van der Waals surface area (Å²) in [6, 6.07) is 0. The first-order valence-electron chi connectivity index (χ1n) is 4.24. The van der Waals surface area contributed by atoms with Crippen molar-refractivity contribution in [2.75, 3.05) is 5.32 Å². The molecular weight excluding hydrogens is 255 g/mol. The Kier molecular flexibility index (Phi) is 3.16. The van der Waals surface area contributed by atoms with Gasteiger partial charge in [0, 0.05) is 11.6 Å². The van der Waals surface area contributed by atoms with Gasteiger partial charge in [-0.25, -0.2) is 4.98 Å². The van der Waals surface area contributed by atoms with Crippen molar-refractivity contribution < 1.29 is 4.39 Å². The van der Waals surface area contributed by atoms with Crippen LogP contribution in [0.2, 0.25) is 5.28 Å². The third-order valence-electron chi connectivity index (χ3n) is 1.72. The summed E-state index contributed by atoms with van der Waals surface area (Å²) in [6.45, 7) is 0.293. The molecule has 0 radical (unpaired) electrons. The van der Waals surface area contributed by atoms with Crippen LogP contribution in [0.5, 0.6) is 0 Å².